The molecular formula is C14H15N3S. The van der Waals surface area contributed by atoms with Gasteiger partial charge in [-0.15, -0.1) is 0 Å². The molecule has 1 unspecified atom stereocenters. The van der Waals surface area contributed by atoms with Crippen molar-refractivity contribution in [3.8, 4) is 0 Å². The molecule has 18 heavy (non-hydrogen) atoms. The fraction of sp³-hybridized carbons (Fsp3) is 0.143. The maximum Gasteiger partial charge on any atom is 0.106 e. The molecule has 0 fully saturated rings. The quantitative estimate of drug-likeness (QED) is 0.827. The van der Waals surface area contributed by atoms with Gasteiger partial charge in [0.2, 0.25) is 0 Å². The molecule has 1 heterocycles. The maximum absolute atomic E-state index is 5.70. The minimum atomic E-state index is 0.0988. The molecule has 0 bridgehead atoms. The van der Waals surface area contributed by atoms with Gasteiger partial charge in [0, 0.05) is 17.4 Å². The Balaban J connectivity index is 2.22. The summed E-state index contributed by atoms with van der Waals surface area (Å²) < 4.78 is 0. The van der Waals surface area contributed by atoms with Crippen LogP contribution in [-0.2, 0) is 0 Å². The van der Waals surface area contributed by atoms with E-state index in [1.54, 1.807) is 6.20 Å². The van der Waals surface area contributed by atoms with Gasteiger partial charge in [-0.2, -0.15) is 0 Å². The topological polar surface area (TPSA) is 50.9 Å². The van der Waals surface area contributed by atoms with Gasteiger partial charge in [-0.05, 0) is 31.2 Å². The third-order valence-electron chi connectivity index (χ3n) is 2.70. The molecule has 0 aliphatic heterocycles. The van der Waals surface area contributed by atoms with E-state index in [9.17, 15) is 0 Å². The summed E-state index contributed by atoms with van der Waals surface area (Å²) in [5.41, 5.74) is 8.48. The van der Waals surface area contributed by atoms with Gasteiger partial charge < -0.3 is 11.1 Å². The number of para-hydroxylation sites is 1. The summed E-state index contributed by atoms with van der Waals surface area (Å²) in [6.07, 6.45) is 1.78. The molecular weight excluding hydrogens is 242 g/mol. The van der Waals surface area contributed by atoms with Crippen LogP contribution in [-0.4, -0.2) is 9.97 Å². The number of hydrogen-bond acceptors (Lipinski definition) is 3. The first kappa shape index (κ1) is 12.5. The van der Waals surface area contributed by atoms with Gasteiger partial charge in [0.1, 0.15) is 4.99 Å². The number of rotatable bonds is 4. The van der Waals surface area contributed by atoms with Crippen molar-refractivity contribution < 1.29 is 0 Å². The predicted octanol–water partition coefficient (Wildman–Crippen LogP) is 2.89. The first-order chi connectivity index (χ1) is 8.68. The van der Waals surface area contributed by atoms with E-state index in [1.165, 1.54) is 0 Å². The van der Waals surface area contributed by atoms with E-state index in [0.29, 0.717) is 4.99 Å². The number of nitrogens with two attached hydrogens (primary N) is 1. The van der Waals surface area contributed by atoms with Gasteiger partial charge in [0.25, 0.3) is 0 Å². The van der Waals surface area contributed by atoms with Gasteiger partial charge in [-0.1, -0.05) is 30.4 Å². The van der Waals surface area contributed by atoms with Crippen LogP contribution in [0.5, 0.6) is 0 Å². The van der Waals surface area contributed by atoms with Gasteiger partial charge in [-0.3, -0.25) is 4.98 Å². The van der Waals surface area contributed by atoms with Crippen molar-refractivity contribution in [2.75, 3.05) is 5.32 Å². The van der Waals surface area contributed by atoms with E-state index in [0.717, 1.165) is 16.9 Å². The third-order valence-corrected chi connectivity index (χ3v) is 2.92. The highest BCUT2D eigenvalue weighted by Crippen LogP contribution is 2.21. The monoisotopic (exact) mass is 257 g/mol. The van der Waals surface area contributed by atoms with Crippen molar-refractivity contribution in [3.05, 3.63) is 59.9 Å². The summed E-state index contributed by atoms with van der Waals surface area (Å²) in [4.78, 5) is 4.72. The fourth-order valence-corrected chi connectivity index (χ4v) is 1.94. The normalized spacial score (nSPS) is 11.8. The van der Waals surface area contributed by atoms with Gasteiger partial charge in [0.15, 0.2) is 0 Å². The zero-order valence-corrected chi connectivity index (χ0v) is 10.9. The lowest BCUT2D eigenvalue weighted by atomic mass is 10.1. The second kappa shape index (κ2) is 5.60. The van der Waals surface area contributed by atoms with Gasteiger partial charge in [0.05, 0.1) is 11.7 Å². The zero-order valence-electron chi connectivity index (χ0n) is 10.1. The Labute approximate surface area is 112 Å². The Morgan fingerprint density at radius 1 is 1.22 bits per heavy atom. The summed E-state index contributed by atoms with van der Waals surface area (Å²) in [5.74, 6) is 0. The second-order valence-corrected chi connectivity index (χ2v) is 4.47. The molecule has 3 N–H and O–H groups in total. The van der Waals surface area contributed by atoms with Crippen molar-refractivity contribution in [1.82, 2.24) is 4.98 Å². The predicted molar refractivity (Wildman–Crippen MR) is 78.6 cm³/mol. The average molecular weight is 257 g/mol. The second-order valence-electron chi connectivity index (χ2n) is 4.03. The Bertz CT molecular complexity index is 540. The first-order valence-corrected chi connectivity index (χ1v) is 6.15. The van der Waals surface area contributed by atoms with Crippen LogP contribution in [0.25, 0.3) is 0 Å². The Morgan fingerprint density at radius 2 is 1.94 bits per heavy atom. The molecule has 1 aromatic carbocycles. The molecule has 1 aromatic heterocycles. The Morgan fingerprint density at radius 3 is 2.61 bits per heavy atom. The molecule has 0 spiro atoms. The number of aromatic nitrogens is 1. The van der Waals surface area contributed by atoms with E-state index in [1.807, 2.05) is 42.5 Å². The number of nitrogens with one attached hydrogen (secondary N) is 1. The lowest BCUT2D eigenvalue weighted by Gasteiger charge is -2.17. The number of thiocarbonyl (C=S) groups is 1. The van der Waals surface area contributed by atoms with Crippen LogP contribution in [0.2, 0.25) is 0 Å². The molecule has 1 atom stereocenters. The summed E-state index contributed by atoms with van der Waals surface area (Å²) in [6, 6.07) is 13.7. The molecule has 0 aliphatic carbocycles. The molecule has 0 saturated carbocycles. The highest BCUT2D eigenvalue weighted by Gasteiger charge is 2.09. The van der Waals surface area contributed by atoms with Crippen LogP contribution >= 0.6 is 12.2 Å². The molecule has 3 nitrogen and oxygen atoms in total. The van der Waals surface area contributed by atoms with Crippen LogP contribution in [0.1, 0.15) is 24.2 Å². The Hall–Kier alpha value is -1.94. The van der Waals surface area contributed by atoms with E-state index < -0.39 is 0 Å². The van der Waals surface area contributed by atoms with E-state index >= 15 is 0 Å². The number of hydrogen-bond donors (Lipinski definition) is 2. The fourth-order valence-electron chi connectivity index (χ4n) is 1.76. The van der Waals surface area contributed by atoms with Gasteiger partial charge in [-0.25, -0.2) is 0 Å². The van der Waals surface area contributed by atoms with E-state index in [-0.39, 0.29) is 6.04 Å². The standard InChI is InChI=1S/C14H15N3S/c1-10(12-7-4-5-9-16-12)17-13-8-3-2-6-11(13)14(15)18/h2-10,17H,1H3,(H2,15,18). The molecule has 0 amide bonds. The lowest BCUT2D eigenvalue weighted by Crippen LogP contribution is -2.15. The van der Waals surface area contributed by atoms with Crippen molar-refractivity contribution in [1.29, 1.82) is 0 Å². The lowest BCUT2D eigenvalue weighted by molar-refractivity contribution is 0.839. The highest BCUT2D eigenvalue weighted by atomic mass is 32.1. The summed E-state index contributed by atoms with van der Waals surface area (Å²) in [5, 5.41) is 3.38. The molecule has 0 saturated heterocycles. The van der Waals surface area contributed by atoms with Crippen LogP contribution in [0.4, 0.5) is 5.69 Å². The van der Waals surface area contributed by atoms with E-state index in [4.69, 9.17) is 18.0 Å². The molecule has 0 aliphatic rings. The van der Waals surface area contributed by atoms with Gasteiger partial charge >= 0.3 is 0 Å². The van der Waals surface area contributed by atoms with Crippen LogP contribution < -0.4 is 11.1 Å². The van der Waals surface area contributed by atoms with Crippen molar-refractivity contribution >= 4 is 22.9 Å². The number of nitrogens with zero attached hydrogens (tertiary/aromatic N) is 1. The molecule has 0 radical (unpaired) electrons. The maximum atomic E-state index is 5.70. The first-order valence-electron chi connectivity index (χ1n) is 5.75. The minimum absolute atomic E-state index is 0.0988. The SMILES string of the molecule is CC(Nc1ccccc1C(N)=S)c1ccccn1. The number of pyridine rings is 1. The van der Waals surface area contributed by atoms with Crippen LogP contribution in [0.3, 0.4) is 0 Å². The van der Waals surface area contributed by atoms with Crippen molar-refractivity contribution in [2.45, 2.75) is 13.0 Å². The summed E-state index contributed by atoms with van der Waals surface area (Å²) in [7, 11) is 0. The van der Waals surface area contributed by atoms with Crippen molar-refractivity contribution in [2.24, 2.45) is 5.73 Å². The summed E-state index contributed by atoms with van der Waals surface area (Å²) in [6.45, 7) is 2.05. The smallest absolute Gasteiger partial charge is 0.106 e. The van der Waals surface area contributed by atoms with Crippen molar-refractivity contribution in [3.63, 3.8) is 0 Å². The molecule has 2 rings (SSSR count). The highest BCUT2D eigenvalue weighted by molar-refractivity contribution is 7.80. The number of benzene rings is 1. The zero-order chi connectivity index (χ0) is 13.0. The Kier molecular flexibility index (Phi) is 3.89. The average Bonchev–Trinajstić information content (AvgIpc) is 2.40. The molecule has 4 heteroatoms. The molecule has 2 aromatic rings. The third kappa shape index (κ3) is 2.84. The van der Waals surface area contributed by atoms with E-state index in [2.05, 4.69) is 17.2 Å². The van der Waals surface area contributed by atoms with Crippen LogP contribution in [0, 0.1) is 0 Å². The van der Waals surface area contributed by atoms with Crippen LogP contribution in [0.15, 0.2) is 48.7 Å². The molecule has 92 valence electrons. The minimum Gasteiger partial charge on any atom is -0.389 e. The summed E-state index contributed by atoms with van der Waals surface area (Å²) >= 11 is 5.04. The number of anilines is 1. The largest absolute Gasteiger partial charge is 0.389 e.